The van der Waals surface area contributed by atoms with Crippen molar-refractivity contribution in [3.05, 3.63) is 178 Å². The number of hydrogen-bond donors (Lipinski definition) is 1. The second kappa shape index (κ2) is 11.1. The Morgan fingerprint density at radius 3 is 2.42 bits per heavy atom. The summed E-state index contributed by atoms with van der Waals surface area (Å²) < 4.78 is 2.32. The standard InChI is InChI=1S/C45H36N5/c1-45(2)37-21-10-8-18-32(37)35-25-36-33-19-9-11-22-39(33)50(40(36)26-38(35)45)41-24-23-30(27-46-41)43-47-42(29-14-4-3-5-15-29)48-44(49-43)34-20-12-16-28-13-6-7-17-31(28)34/h3-19,21-27,34,43-44H,20H2,1-2H3,(H,47,48)/q-1. The SMILES string of the molecule is CC1(C)c2ccccc2-c2cc3c4ccccc4n(-c4ccc(C5N=C(c6ccccc6)NC(C6CC=Cc7ccccc76)[N-]5)cn4)c3cc21. The fourth-order valence-electron chi connectivity index (χ4n) is 8.50. The number of rotatable bonds is 4. The smallest absolute Gasteiger partial charge is 0.137 e. The zero-order chi connectivity index (χ0) is 33.4. The van der Waals surface area contributed by atoms with Crippen molar-refractivity contribution in [1.82, 2.24) is 14.9 Å². The highest BCUT2D eigenvalue weighted by Crippen LogP contribution is 2.51. The number of para-hydroxylation sites is 1. The lowest BCUT2D eigenvalue weighted by atomic mass is 9.82. The number of nitrogens with zero attached hydrogens (tertiary/aromatic N) is 4. The number of aliphatic imine (C=N–C) groups is 1. The average Bonchev–Trinajstić information content (AvgIpc) is 3.62. The molecule has 1 aliphatic heterocycles. The lowest BCUT2D eigenvalue weighted by Crippen LogP contribution is -2.43. The summed E-state index contributed by atoms with van der Waals surface area (Å²) in [6, 6.07) is 45.7. The Morgan fingerprint density at radius 2 is 1.54 bits per heavy atom. The first-order valence-corrected chi connectivity index (χ1v) is 17.5. The molecule has 0 saturated carbocycles. The van der Waals surface area contributed by atoms with E-state index in [0.717, 1.165) is 34.7 Å². The maximum absolute atomic E-state index is 5.34. The molecule has 0 amide bonds. The van der Waals surface area contributed by atoms with Gasteiger partial charge in [0, 0.05) is 27.9 Å². The van der Waals surface area contributed by atoms with Crippen LogP contribution in [0.3, 0.4) is 0 Å². The van der Waals surface area contributed by atoms with Crippen molar-refractivity contribution in [3.8, 4) is 16.9 Å². The van der Waals surface area contributed by atoms with Crippen LogP contribution in [0.1, 0.15) is 65.7 Å². The molecule has 1 N–H and O–H groups in total. The van der Waals surface area contributed by atoms with Gasteiger partial charge >= 0.3 is 0 Å². The first-order valence-electron chi connectivity index (χ1n) is 17.5. The molecule has 3 aliphatic rings. The van der Waals surface area contributed by atoms with Gasteiger partial charge in [-0.05, 0) is 81.7 Å². The van der Waals surface area contributed by atoms with Gasteiger partial charge in [-0.3, -0.25) is 9.56 Å². The molecule has 0 spiro atoms. The largest absolute Gasteiger partial charge is 0.616 e. The normalized spacial score (nSPS) is 20.2. The third kappa shape index (κ3) is 4.43. The van der Waals surface area contributed by atoms with Crippen LogP contribution in [0.5, 0.6) is 0 Å². The minimum absolute atomic E-state index is 0.0884. The zero-order valence-corrected chi connectivity index (χ0v) is 28.1. The summed E-state index contributed by atoms with van der Waals surface area (Å²) in [5.41, 5.74) is 12.3. The molecular weight excluding hydrogens is 611 g/mol. The molecule has 10 rings (SSSR count). The molecule has 5 heteroatoms. The summed E-state index contributed by atoms with van der Waals surface area (Å²) in [5, 5.41) is 11.5. The Hall–Kier alpha value is -5.78. The van der Waals surface area contributed by atoms with E-state index in [1.165, 1.54) is 49.7 Å². The van der Waals surface area contributed by atoms with Crippen LogP contribution < -0.4 is 5.32 Å². The first kappa shape index (κ1) is 29.2. The van der Waals surface area contributed by atoms with E-state index in [1.807, 2.05) is 12.3 Å². The van der Waals surface area contributed by atoms with E-state index >= 15 is 0 Å². The number of allylic oxidation sites excluding steroid dienone is 1. The molecular formula is C45H36N5-. The number of hydrogen-bond acceptors (Lipinski definition) is 3. The second-order valence-electron chi connectivity index (χ2n) is 14.2. The molecule has 0 radical (unpaired) electrons. The molecule has 2 aromatic heterocycles. The Bertz CT molecular complexity index is 2500. The topological polar surface area (TPSA) is 56.3 Å². The van der Waals surface area contributed by atoms with Crippen molar-refractivity contribution >= 4 is 33.7 Å². The highest BCUT2D eigenvalue weighted by molar-refractivity contribution is 6.11. The summed E-state index contributed by atoms with van der Waals surface area (Å²) >= 11 is 0. The highest BCUT2D eigenvalue weighted by Gasteiger charge is 2.36. The molecule has 242 valence electrons. The summed E-state index contributed by atoms with van der Waals surface area (Å²) in [5.74, 6) is 1.96. The van der Waals surface area contributed by atoms with Gasteiger partial charge in [-0.1, -0.05) is 135 Å². The summed E-state index contributed by atoms with van der Waals surface area (Å²) in [7, 11) is 0. The third-order valence-electron chi connectivity index (χ3n) is 11.0. The van der Waals surface area contributed by atoms with E-state index in [2.05, 4.69) is 157 Å². The summed E-state index contributed by atoms with van der Waals surface area (Å²) in [6.07, 6.45) is 6.88. The molecule has 5 aromatic carbocycles. The van der Waals surface area contributed by atoms with Crippen LogP contribution in [0.15, 0.2) is 145 Å². The molecule has 5 nitrogen and oxygen atoms in total. The number of amidine groups is 1. The van der Waals surface area contributed by atoms with Crippen molar-refractivity contribution in [1.29, 1.82) is 0 Å². The predicted molar refractivity (Wildman–Crippen MR) is 205 cm³/mol. The zero-order valence-electron chi connectivity index (χ0n) is 28.1. The summed E-state index contributed by atoms with van der Waals surface area (Å²) in [6.45, 7) is 4.68. The fraction of sp³-hybridized carbons (Fsp3) is 0.156. The van der Waals surface area contributed by atoms with Crippen molar-refractivity contribution < 1.29 is 0 Å². The van der Waals surface area contributed by atoms with E-state index in [0.29, 0.717) is 0 Å². The van der Waals surface area contributed by atoms with Gasteiger partial charge in [0.1, 0.15) is 11.7 Å². The van der Waals surface area contributed by atoms with Crippen LogP contribution in [0.4, 0.5) is 0 Å². The van der Waals surface area contributed by atoms with E-state index < -0.39 is 0 Å². The molecule has 0 bridgehead atoms. The molecule has 0 fully saturated rings. The van der Waals surface area contributed by atoms with Gasteiger partial charge in [0.15, 0.2) is 0 Å². The third-order valence-corrected chi connectivity index (χ3v) is 11.0. The maximum Gasteiger partial charge on any atom is 0.137 e. The highest BCUT2D eigenvalue weighted by atomic mass is 15.3. The molecule has 3 heterocycles. The van der Waals surface area contributed by atoms with Gasteiger partial charge in [0.05, 0.1) is 11.0 Å². The molecule has 50 heavy (non-hydrogen) atoms. The minimum Gasteiger partial charge on any atom is -0.616 e. The molecule has 7 aromatic rings. The Balaban J connectivity index is 1.07. The number of aromatic nitrogens is 2. The van der Waals surface area contributed by atoms with E-state index in [4.69, 9.17) is 15.3 Å². The maximum atomic E-state index is 5.34. The van der Waals surface area contributed by atoms with Crippen molar-refractivity contribution in [2.75, 3.05) is 0 Å². The quantitative estimate of drug-likeness (QED) is 0.207. The molecule has 3 unspecified atom stereocenters. The lowest BCUT2D eigenvalue weighted by molar-refractivity contribution is 0.503. The van der Waals surface area contributed by atoms with Crippen LogP contribution in [0.25, 0.3) is 50.1 Å². The Morgan fingerprint density at radius 1 is 0.740 bits per heavy atom. The van der Waals surface area contributed by atoms with Gasteiger partial charge in [0.2, 0.25) is 0 Å². The Kier molecular flexibility index (Phi) is 6.49. The van der Waals surface area contributed by atoms with Gasteiger partial charge < -0.3 is 10.6 Å². The molecule has 3 atom stereocenters. The lowest BCUT2D eigenvalue weighted by Gasteiger charge is -2.48. The fourth-order valence-corrected chi connectivity index (χ4v) is 8.50. The molecule has 2 aliphatic carbocycles. The summed E-state index contributed by atoms with van der Waals surface area (Å²) in [4.78, 5) is 10.3. The van der Waals surface area contributed by atoms with Crippen molar-refractivity contribution in [2.45, 2.75) is 43.9 Å². The van der Waals surface area contributed by atoms with Crippen molar-refractivity contribution in [3.63, 3.8) is 0 Å². The number of nitrogens with one attached hydrogen (secondary N) is 1. The van der Waals surface area contributed by atoms with Crippen LogP contribution >= 0.6 is 0 Å². The molecule has 0 saturated heterocycles. The predicted octanol–water partition coefficient (Wildman–Crippen LogP) is 10.4. The number of fused-ring (bicyclic) bond motifs is 7. The van der Waals surface area contributed by atoms with E-state index in [-0.39, 0.29) is 23.7 Å². The van der Waals surface area contributed by atoms with Crippen LogP contribution in [-0.4, -0.2) is 21.6 Å². The van der Waals surface area contributed by atoms with E-state index in [1.54, 1.807) is 0 Å². The minimum atomic E-state index is -0.378. The van der Waals surface area contributed by atoms with Crippen molar-refractivity contribution in [2.24, 2.45) is 4.99 Å². The van der Waals surface area contributed by atoms with E-state index in [9.17, 15) is 0 Å². The number of benzene rings is 5. The monoisotopic (exact) mass is 646 g/mol. The first-order chi connectivity index (χ1) is 24.5. The average molecular weight is 647 g/mol. The van der Waals surface area contributed by atoms with Gasteiger partial charge in [0.25, 0.3) is 0 Å². The van der Waals surface area contributed by atoms with Gasteiger partial charge in [-0.2, -0.15) is 0 Å². The number of pyridine rings is 1. The van der Waals surface area contributed by atoms with Crippen LogP contribution in [0.2, 0.25) is 0 Å². The van der Waals surface area contributed by atoms with Crippen LogP contribution in [0, 0.1) is 0 Å². The van der Waals surface area contributed by atoms with Crippen LogP contribution in [-0.2, 0) is 5.41 Å². The van der Waals surface area contributed by atoms with Gasteiger partial charge in [-0.15, -0.1) is 0 Å². The Labute approximate surface area is 292 Å². The second-order valence-corrected chi connectivity index (χ2v) is 14.2. The van der Waals surface area contributed by atoms with Gasteiger partial charge in [-0.25, -0.2) is 4.98 Å².